The number of rotatable bonds is 9. The molecule has 10 heteroatoms. The molecule has 0 saturated heterocycles. The summed E-state index contributed by atoms with van der Waals surface area (Å²) < 4.78 is 5.58. The average molecular weight is 374 g/mol. The van der Waals surface area contributed by atoms with Gasteiger partial charge in [-0.25, -0.2) is 0 Å². The lowest BCUT2D eigenvalue weighted by atomic mass is 10.2. The maximum Gasteiger partial charge on any atom is 0.274 e. The van der Waals surface area contributed by atoms with Crippen molar-refractivity contribution in [2.75, 3.05) is 17.2 Å². The van der Waals surface area contributed by atoms with Gasteiger partial charge in [-0.15, -0.1) is 0 Å². The molecule has 0 bridgehead atoms. The Bertz CT molecular complexity index is 814. The van der Waals surface area contributed by atoms with Gasteiger partial charge in [0.1, 0.15) is 5.82 Å². The van der Waals surface area contributed by atoms with Gasteiger partial charge >= 0.3 is 0 Å². The van der Waals surface area contributed by atoms with Crippen LogP contribution in [0.5, 0.6) is 0 Å². The van der Waals surface area contributed by atoms with Gasteiger partial charge in [-0.3, -0.25) is 20.2 Å². The minimum Gasteiger partial charge on any atom is -0.374 e. The number of benzene rings is 1. The summed E-state index contributed by atoms with van der Waals surface area (Å²) in [5.41, 5.74) is 0.540. The maximum atomic E-state index is 11.5. The van der Waals surface area contributed by atoms with Crippen molar-refractivity contribution in [1.29, 1.82) is 0 Å². The normalized spacial score (nSPS) is 11.7. The quantitative estimate of drug-likeness (QED) is 0.505. The highest BCUT2D eigenvalue weighted by Gasteiger charge is 2.13. The van der Waals surface area contributed by atoms with E-state index in [2.05, 4.69) is 25.6 Å². The van der Waals surface area contributed by atoms with Crippen LogP contribution in [0.4, 0.5) is 17.6 Å². The van der Waals surface area contributed by atoms with Crippen molar-refractivity contribution in [3.8, 4) is 0 Å². The Labute approximate surface area is 156 Å². The fraction of sp³-hybridized carbons (Fsp3) is 0.412. The summed E-state index contributed by atoms with van der Waals surface area (Å²) >= 11 is 0. The molecule has 0 radical (unpaired) electrons. The van der Waals surface area contributed by atoms with Crippen LogP contribution in [0.1, 0.15) is 31.7 Å². The van der Waals surface area contributed by atoms with Crippen LogP contribution < -0.4 is 10.6 Å². The van der Waals surface area contributed by atoms with Gasteiger partial charge in [0.05, 0.1) is 23.7 Å². The Morgan fingerprint density at radius 2 is 1.96 bits per heavy atom. The molecule has 27 heavy (non-hydrogen) atoms. The molecule has 1 atom stereocenters. The number of nitro benzene ring substituents is 1. The summed E-state index contributed by atoms with van der Waals surface area (Å²) in [5.74, 6) is 0.778. The standard InChI is InChI=1S/C17H22N6O4/c1-4-15(24)21-17-20-12(3)19-16(22-17)18-11(2)9-27-10-13-7-5-6-8-14(13)23(25)26/h5-8,11H,4,9-10H2,1-3H3,(H2,18,19,20,21,22,24). The van der Waals surface area contributed by atoms with Crippen molar-refractivity contribution in [2.24, 2.45) is 0 Å². The van der Waals surface area contributed by atoms with Crippen molar-refractivity contribution in [3.05, 3.63) is 45.8 Å². The zero-order chi connectivity index (χ0) is 19.8. The van der Waals surface area contributed by atoms with Gasteiger partial charge in [-0.2, -0.15) is 15.0 Å². The van der Waals surface area contributed by atoms with Crippen LogP contribution in [-0.2, 0) is 16.1 Å². The number of aryl methyl sites for hydroxylation is 1. The van der Waals surface area contributed by atoms with Gasteiger partial charge in [-0.05, 0) is 19.9 Å². The third-order valence-corrected chi connectivity index (χ3v) is 3.51. The molecule has 1 heterocycles. The second kappa shape index (κ2) is 9.53. The van der Waals surface area contributed by atoms with Gasteiger partial charge in [-0.1, -0.05) is 19.1 Å². The molecule has 1 amide bonds. The van der Waals surface area contributed by atoms with Crippen LogP contribution in [0.25, 0.3) is 0 Å². The average Bonchev–Trinajstić information content (AvgIpc) is 2.61. The molecular weight excluding hydrogens is 352 g/mol. The minimum absolute atomic E-state index is 0.0301. The van der Waals surface area contributed by atoms with E-state index in [1.165, 1.54) is 6.07 Å². The second-order valence-corrected chi connectivity index (χ2v) is 5.88. The second-order valence-electron chi connectivity index (χ2n) is 5.88. The molecule has 144 valence electrons. The zero-order valence-corrected chi connectivity index (χ0v) is 15.4. The van der Waals surface area contributed by atoms with Crippen molar-refractivity contribution in [3.63, 3.8) is 0 Å². The molecule has 1 unspecified atom stereocenters. The van der Waals surface area contributed by atoms with Crippen LogP contribution in [0.2, 0.25) is 0 Å². The van der Waals surface area contributed by atoms with E-state index in [-0.39, 0.29) is 36.8 Å². The first-order valence-electron chi connectivity index (χ1n) is 8.48. The van der Waals surface area contributed by atoms with Crippen molar-refractivity contribution in [1.82, 2.24) is 15.0 Å². The molecule has 2 N–H and O–H groups in total. The first-order chi connectivity index (χ1) is 12.9. The minimum atomic E-state index is -0.430. The molecule has 0 fully saturated rings. The smallest absolute Gasteiger partial charge is 0.274 e. The first kappa shape index (κ1) is 20.2. The summed E-state index contributed by atoms with van der Waals surface area (Å²) in [6, 6.07) is 6.29. The van der Waals surface area contributed by atoms with Crippen LogP contribution >= 0.6 is 0 Å². The number of para-hydroxylation sites is 1. The summed E-state index contributed by atoms with van der Waals surface area (Å²) in [6.45, 7) is 5.71. The third-order valence-electron chi connectivity index (χ3n) is 3.51. The van der Waals surface area contributed by atoms with E-state index >= 15 is 0 Å². The highest BCUT2D eigenvalue weighted by molar-refractivity contribution is 5.88. The van der Waals surface area contributed by atoms with Crippen molar-refractivity contribution in [2.45, 2.75) is 39.8 Å². The number of anilines is 2. The van der Waals surface area contributed by atoms with Gasteiger partial charge in [0.2, 0.25) is 17.8 Å². The summed E-state index contributed by atoms with van der Waals surface area (Å²) in [7, 11) is 0. The molecule has 1 aromatic carbocycles. The number of nitro groups is 1. The van der Waals surface area contributed by atoms with E-state index in [1.54, 1.807) is 32.0 Å². The Hall–Kier alpha value is -3.14. The molecule has 1 aromatic heterocycles. The predicted octanol–water partition coefficient (Wildman–Crippen LogP) is 2.45. The number of carbonyl (C=O) groups is 1. The molecule has 10 nitrogen and oxygen atoms in total. The van der Waals surface area contributed by atoms with E-state index in [4.69, 9.17) is 4.74 Å². The van der Waals surface area contributed by atoms with Crippen LogP contribution in [0, 0.1) is 17.0 Å². The number of aromatic nitrogens is 3. The number of nitrogens with zero attached hydrogens (tertiary/aromatic N) is 4. The van der Waals surface area contributed by atoms with Crippen LogP contribution in [-0.4, -0.2) is 38.4 Å². The Morgan fingerprint density at radius 1 is 1.26 bits per heavy atom. The molecule has 0 saturated carbocycles. The molecule has 2 aromatic rings. The lowest BCUT2D eigenvalue weighted by molar-refractivity contribution is -0.385. The molecule has 0 aliphatic heterocycles. The molecular formula is C17H22N6O4. The van der Waals surface area contributed by atoms with Crippen LogP contribution in [0.15, 0.2) is 24.3 Å². The summed E-state index contributed by atoms with van der Waals surface area (Å²) in [4.78, 5) is 34.5. The molecule has 2 rings (SSSR count). The zero-order valence-electron chi connectivity index (χ0n) is 15.4. The van der Waals surface area contributed by atoms with Crippen molar-refractivity contribution >= 4 is 23.5 Å². The topological polar surface area (TPSA) is 132 Å². The summed E-state index contributed by atoms with van der Waals surface area (Å²) in [6.07, 6.45) is 0.323. The SMILES string of the molecule is CCC(=O)Nc1nc(C)nc(NC(C)COCc2ccccc2[N+](=O)[O-])n1. The van der Waals surface area contributed by atoms with E-state index in [9.17, 15) is 14.9 Å². The van der Waals surface area contributed by atoms with Gasteiger partial charge in [0, 0.05) is 18.5 Å². The monoisotopic (exact) mass is 374 g/mol. The van der Waals surface area contributed by atoms with E-state index in [0.29, 0.717) is 23.8 Å². The van der Waals surface area contributed by atoms with Crippen molar-refractivity contribution < 1.29 is 14.5 Å². The Kier molecular flexibility index (Phi) is 7.12. The summed E-state index contributed by atoms with van der Waals surface area (Å²) in [5, 5.41) is 16.7. The number of hydrogen-bond acceptors (Lipinski definition) is 8. The number of carbonyl (C=O) groups excluding carboxylic acids is 1. The number of nitrogens with one attached hydrogen (secondary N) is 2. The third kappa shape index (κ3) is 6.26. The molecule has 0 aliphatic carbocycles. The molecule has 0 spiro atoms. The number of ether oxygens (including phenoxy) is 1. The molecule has 0 aliphatic rings. The first-order valence-corrected chi connectivity index (χ1v) is 8.48. The number of amides is 1. The fourth-order valence-electron chi connectivity index (χ4n) is 2.23. The van der Waals surface area contributed by atoms with E-state index < -0.39 is 4.92 Å². The highest BCUT2D eigenvalue weighted by atomic mass is 16.6. The van der Waals surface area contributed by atoms with Crippen LogP contribution in [0.3, 0.4) is 0 Å². The van der Waals surface area contributed by atoms with Gasteiger partial charge in [0.15, 0.2) is 0 Å². The highest BCUT2D eigenvalue weighted by Crippen LogP contribution is 2.18. The Balaban J connectivity index is 1.91. The lowest BCUT2D eigenvalue weighted by Gasteiger charge is -2.15. The van der Waals surface area contributed by atoms with Gasteiger partial charge in [0.25, 0.3) is 5.69 Å². The maximum absolute atomic E-state index is 11.5. The van der Waals surface area contributed by atoms with E-state index in [1.807, 2.05) is 6.92 Å². The largest absolute Gasteiger partial charge is 0.374 e. The van der Waals surface area contributed by atoms with Gasteiger partial charge < -0.3 is 10.1 Å². The lowest BCUT2D eigenvalue weighted by Crippen LogP contribution is -2.24. The number of hydrogen-bond donors (Lipinski definition) is 2. The Morgan fingerprint density at radius 3 is 2.67 bits per heavy atom. The van der Waals surface area contributed by atoms with E-state index in [0.717, 1.165) is 0 Å². The predicted molar refractivity (Wildman–Crippen MR) is 99.3 cm³/mol. The fourth-order valence-corrected chi connectivity index (χ4v) is 2.23.